The van der Waals surface area contributed by atoms with E-state index in [9.17, 15) is 4.79 Å². The van der Waals surface area contributed by atoms with Gasteiger partial charge in [0, 0.05) is 38.6 Å². The molecule has 1 saturated carbocycles. The maximum atomic E-state index is 12.3. The molecule has 2 aliphatic rings. The third-order valence-electron chi connectivity index (χ3n) is 6.54. The predicted molar refractivity (Wildman–Crippen MR) is 136 cm³/mol. The second-order valence-electron chi connectivity index (χ2n) is 8.97. The molecule has 36 heavy (non-hydrogen) atoms. The number of anilines is 1. The second-order valence-corrected chi connectivity index (χ2v) is 8.97. The lowest BCUT2D eigenvalue weighted by Crippen LogP contribution is -2.46. The number of carbonyl (C=O) groups excluding carboxylic acids is 1. The number of amides is 1. The molecule has 2 atom stereocenters. The highest BCUT2D eigenvalue weighted by molar-refractivity contribution is 6.27. The fourth-order valence-electron chi connectivity index (χ4n) is 4.46. The highest BCUT2D eigenvalue weighted by atomic mass is 16.5. The molecule has 9 nitrogen and oxygen atoms in total. The Kier molecular flexibility index (Phi) is 10.1. The first-order valence-corrected chi connectivity index (χ1v) is 12.3. The summed E-state index contributed by atoms with van der Waals surface area (Å²) in [7, 11) is 1.74. The van der Waals surface area contributed by atoms with E-state index in [0.29, 0.717) is 5.92 Å². The van der Waals surface area contributed by atoms with Gasteiger partial charge in [0.2, 0.25) is 5.91 Å². The molecule has 4 rings (SSSR count). The smallest absolute Gasteiger partial charge is 0.414 e. The van der Waals surface area contributed by atoms with Crippen LogP contribution < -0.4 is 15.0 Å². The number of nitrogens with one attached hydrogen (secondary N) is 1. The van der Waals surface area contributed by atoms with Gasteiger partial charge in [0.05, 0.1) is 12.8 Å². The number of carbonyl (C=O) groups is 3. The Balaban J connectivity index is 0.000000538. The molecule has 1 saturated heterocycles. The van der Waals surface area contributed by atoms with Gasteiger partial charge in [0.25, 0.3) is 0 Å². The molecular weight excluding hydrogens is 462 g/mol. The van der Waals surface area contributed by atoms with Crippen LogP contribution in [-0.4, -0.2) is 79.3 Å². The summed E-state index contributed by atoms with van der Waals surface area (Å²) in [5, 5.41) is 17.9. The van der Waals surface area contributed by atoms with Crippen molar-refractivity contribution in [3.05, 3.63) is 60.2 Å². The van der Waals surface area contributed by atoms with Gasteiger partial charge in [-0.2, -0.15) is 0 Å². The Morgan fingerprint density at radius 3 is 2.19 bits per heavy atom. The molecule has 1 aliphatic heterocycles. The number of unbranched alkanes of at least 4 members (excludes halogenated alkanes) is 1. The van der Waals surface area contributed by atoms with Gasteiger partial charge >= 0.3 is 11.9 Å². The zero-order valence-electron chi connectivity index (χ0n) is 20.6. The number of ether oxygens (including phenoxy) is 1. The van der Waals surface area contributed by atoms with Crippen molar-refractivity contribution in [1.29, 1.82) is 0 Å². The third-order valence-corrected chi connectivity index (χ3v) is 6.54. The van der Waals surface area contributed by atoms with Gasteiger partial charge in [-0.15, -0.1) is 0 Å². The van der Waals surface area contributed by atoms with Crippen molar-refractivity contribution >= 4 is 23.5 Å². The number of para-hydroxylation sites is 2. The topological polar surface area (TPSA) is 119 Å². The fraction of sp³-hybridized carbons (Fsp3) is 0.444. The highest BCUT2D eigenvalue weighted by Gasteiger charge is 2.43. The van der Waals surface area contributed by atoms with Crippen LogP contribution in [0.15, 0.2) is 54.6 Å². The van der Waals surface area contributed by atoms with E-state index in [4.69, 9.17) is 24.5 Å². The minimum atomic E-state index is -1.82. The normalized spacial score (nSPS) is 19.0. The molecule has 0 bridgehead atoms. The molecule has 0 radical (unpaired) electrons. The van der Waals surface area contributed by atoms with Gasteiger partial charge in [-0.05, 0) is 49.4 Å². The maximum absolute atomic E-state index is 12.3. The highest BCUT2D eigenvalue weighted by Crippen LogP contribution is 2.47. The predicted octanol–water partition coefficient (Wildman–Crippen LogP) is 2.67. The largest absolute Gasteiger partial charge is 0.495 e. The molecule has 1 aliphatic carbocycles. The number of hydrogen-bond donors (Lipinski definition) is 3. The Morgan fingerprint density at radius 2 is 1.56 bits per heavy atom. The number of nitrogens with zero attached hydrogens (tertiary/aromatic N) is 2. The second kappa shape index (κ2) is 13.5. The number of hydrogen-bond acceptors (Lipinski definition) is 6. The van der Waals surface area contributed by atoms with E-state index in [2.05, 4.69) is 51.5 Å². The van der Waals surface area contributed by atoms with Crippen molar-refractivity contribution in [3.63, 3.8) is 0 Å². The molecular formula is C27H35N3O6. The van der Waals surface area contributed by atoms with Gasteiger partial charge in [0.1, 0.15) is 5.75 Å². The molecule has 3 N–H and O–H groups in total. The van der Waals surface area contributed by atoms with Crippen molar-refractivity contribution < 1.29 is 29.3 Å². The standard InChI is InChI=1S/C25H33N3O2.C2H2O4/c1-30-24-12-6-5-11-23(24)28-17-15-27(16-18-28)14-8-7-13-26-25(29)22-19-21(22)20-9-3-2-4-10-20;3-1(4)2(5)6/h2-6,9-12,21-22H,7-8,13-19H2,1H3,(H,26,29);(H,3,4)(H,5,6). The van der Waals surface area contributed by atoms with Crippen LogP contribution in [0.2, 0.25) is 0 Å². The number of carboxylic acids is 2. The van der Waals surface area contributed by atoms with Crippen LogP contribution in [-0.2, 0) is 14.4 Å². The maximum Gasteiger partial charge on any atom is 0.414 e. The number of aliphatic carboxylic acids is 2. The number of carboxylic acid groups (broad SMARTS) is 2. The SMILES string of the molecule is COc1ccccc1N1CCN(CCCCNC(=O)C2CC2c2ccccc2)CC1.O=C(O)C(=O)O. The van der Waals surface area contributed by atoms with Crippen LogP contribution >= 0.6 is 0 Å². The number of methoxy groups -OCH3 is 1. The quantitative estimate of drug-likeness (QED) is 0.357. The average Bonchev–Trinajstić information content (AvgIpc) is 3.71. The van der Waals surface area contributed by atoms with Crippen molar-refractivity contribution in [3.8, 4) is 5.75 Å². The van der Waals surface area contributed by atoms with E-state index in [1.54, 1.807) is 7.11 Å². The van der Waals surface area contributed by atoms with Gasteiger partial charge in [-0.25, -0.2) is 9.59 Å². The molecule has 2 aromatic rings. The van der Waals surface area contributed by atoms with Crippen LogP contribution in [0.5, 0.6) is 5.75 Å². The van der Waals surface area contributed by atoms with Crippen LogP contribution in [0.25, 0.3) is 0 Å². The first-order valence-electron chi connectivity index (χ1n) is 12.3. The van der Waals surface area contributed by atoms with E-state index in [1.807, 2.05) is 18.2 Å². The van der Waals surface area contributed by atoms with Gasteiger partial charge in [0.15, 0.2) is 0 Å². The van der Waals surface area contributed by atoms with Crippen LogP contribution in [0.1, 0.15) is 30.7 Å². The van der Waals surface area contributed by atoms with Gasteiger partial charge < -0.3 is 25.2 Å². The first kappa shape index (κ1) is 27.0. The lowest BCUT2D eigenvalue weighted by molar-refractivity contribution is -0.159. The molecule has 1 heterocycles. The molecule has 1 amide bonds. The minimum Gasteiger partial charge on any atom is -0.495 e. The molecule has 2 fully saturated rings. The minimum absolute atomic E-state index is 0.176. The van der Waals surface area contributed by atoms with E-state index >= 15 is 0 Å². The van der Waals surface area contributed by atoms with E-state index < -0.39 is 11.9 Å². The zero-order valence-corrected chi connectivity index (χ0v) is 20.6. The summed E-state index contributed by atoms with van der Waals surface area (Å²) in [5.74, 6) is -1.87. The lowest BCUT2D eigenvalue weighted by Gasteiger charge is -2.36. The fourth-order valence-corrected chi connectivity index (χ4v) is 4.46. The summed E-state index contributed by atoms with van der Waals surface area (Å²) in [6, 6.07) is 18.7. The van der Waals surface area contributed by atoms with Crippen molar-refractivity contribution in [2.24, 2.45) is 5.92 Å². The molecule has 2 aromatic carbocycles. The Labute approximate surface area is 211 Å². The molecule has 194 valence electrons. The summed E-state index contributed by atoms with van der Waals surface area (Å²) >= 11 is 0. The summed E-state index contributed by atoms with van der Waals surface area (Å²) in [5.41, 5.74) is 2.49. The molecule has 0 spiro atoms. The summed E-state index contributed by atoms with van der Waals surface area (Å²) in [4.78, 5) is 35.5. The Morgan fingerprint density at radius 1 is 0.917 bits per heavy atom. The Bertz CT molecular complexity index is 996. The van der Waals surface area contributed by atoms with Crippen LogP contribution in [0, 0.1) is 5.92 Å². The van der Waals surface area contributed by atoms with Gasteiger partial charge in [-0.3, -0.25) is 9.69 Å². The monoisotopic (exact) mass is 497 g/mol. The lowest BCUT2D eigenvalue weighted by atomic mass is 10.1. The van der Waals surface area contributed by atoms with Gasteiger partial charge in [-0.1, -0.05) is 42.5 Å². The van der Waals surface area contributed by atoms with Crippen molar-refractivity contribution in [2.45, 2.75) is 25.2 Å². The van der Waals surface area contributed by atoms with E-state index in [-0.39, 0.29) is 11.8 Å². The molecule has 9 heteroatoms. The molecule has 0 aromatic heterocycles. The van der Waals surface area contributed by atoms with Crippen molar-refractivity contribution in [1.82, 2.24) is 10.2 Å². The molecule has 2 unspecified atom stereocenters. The number of rotatable bonds is 9. The van der Waals surface area contributed by atoms with Crippen LogP contribution in [0.4, 0.5) is 5.69 Å². The van der Waals surface area contributed by atoms with Crippen molar-refractivity contribution in [2.75, 3.05) is 51.3 Å². The van der Waals surface area contributed by atoms with E-state index in [1.165, 1.54) is 11.3 Å². The van der Waals surface area contributed by atoms with E-state index in [0.717, 1.165) is 64.3 Å². The zero-order chi connectivity index (χ0) is 25.9. The Hall–Kier alpha value is -3.59. The van der Waals surface area contributed by atoms with Crippen LogP contribution in [0.3, 0.4) is 0 Å². The average molecular weight is 498 g/mol. The number of piperazine rings is 1. The summed E-state index contributed by atoms with van der Waals surface area (Å²) in [6.45, 7) is 6.10. The summed E-state index contributed by atoms with van der Waals surface area (Å²) < 4.78 is 5.50. The first-order chi connectivity index (χ1) is 17.4. The number of benzene rings is 2. The third kappa shape index (κ3) is 7.98. The summed E-state index contributed by atoms with van der Waals surface area (Å²) in [6.07, 6.45) is 3.16.